The molecule has 0 aliphatic rings. The van der Waals surface area contributed by atoms with Crippen molar-refractivity contribution in [2.75, 3.05) is 12.4 Å². The highest BCUT2D eigenvalue weighted by Gasteiger charge is 2.23. The van der Waals surface area contributed by atoms with Crippen LogP contribution in [0.4, 0.5) is 11.6 Å². The number of anilines is 2. The highest BCUT2D eigenvalue weighted by Crippen LogP contribution is 2.36. The normalized spacial score (nSPS) is 10.9. The van der Waals surface area contributed by atoms with Gasteiger partial charge in [0.2, 0.25) is 0 Å². The molecule has 1 amide bonds. The van der Waals surface area contributed by atoms with Crippen LogP contribution < -0.4 is 21.3 Å². The molecule has 9 nitrogen and oxygen atoms in total. The molecule has 6 aromatic rings. The largest absolute Gasteiger partial charge is 0.497 e. The van der Waals surface area contributed by atoms with Crippen molar-refractivity contribution in [2.24, 2.45) is 5.73 Å². The smallest absolute Gasteiger partial charge is 0.284 e. The van der Waals surface area contributed by atoms with Gasteiger partial charge in [0, 0.05) is 5.56 Å². The van der Waals surface area contributed by atoms with E-state index in [1.807, 2.05) is 60.7 Å². The fraction of sp³-hybridized carbons (Fsp3) is 0.0323. The molecule has 0 atom stereocenters. The van der Waals surface area contributed by atoms with E-state index in [0.29, 0.717) is 39.9 Å². The van der Waals surface area contributed by atoms with Gasteiger partial charge in [-0.1, -0.05) is 78.9 Å². The third-order valence-corrected chi connectivity index (χ3v) is 6.53. The van der Waals surface area contributed by atoms with Gasteiger partial charge in [-0.25, -0.2) is 4.98 Å². The summed E-state index contributed by atoms with van der Waals surface area (Å²) in [4.78, 5) is 33.7. The predicted molar refractivity (Wildman–Crippen MR) is 155 cm³/mol. The van der Waals surface area contributed by atoms with Crippen LogP contribution >= 0.6 is 0 Å². The molecule has 40 heavy (non-hydrogen) atoms. The van der Waals surface area contributed by atoms with E-state index in [-0.39, 0.29) is 11.3 Å². The molecule has 196 valence electrons. The minimum Gasteiger partial charge on any atom is -0.497 e. The Morgan fingerprint density at radius 2 is 1.48 bits per heavy atom. The number of pyridine rings is 1. The summed E-state index contributed by atoms with van der Waals surface area (Å²) in [6, 6.07) is 31.5. The van der Waals surface area contributed by atoms with Gasteiger partial charge in [0.05, 0.1) is 18.2 Å². The third-order valence-electron chi connectivity index (χ3n) is 6.53. The predicted octanol–water partition coefficient (Wildman–Crippen LogP) is 5.27. The molecule has 4 N–H and O–H groups in total. The van der Waals surface area contributed by atoms with Crippen LogP contribution in [0, 0.1) is 0 Å². The summed E-state index contributed by atoms with van der Waals surface area (Å²) < 4.78 is 6.70. The quantitative estimate of drug-likeness (QED) is 0.259. The maximum absolute atomic E-state index is 14.2. The van der Waals surface area contributed by atoms with E-state index in [1.165, 1.54) is 10.6 Å². The van der Waals surface area contributed by atoms with Gasteiger partial charge in [0.1, 0.15) is 34.4 Å². The SMILES string of the molecule is COc1ccc(-c2c(Nc3cccc(C(N)=O)n3)[nH]c3c(-c4ccccc4)c(-c4ccccc4)nn3c2=O)cc1. The molecule has 0 saturated carbocycles. The van der Waals surface area contributed by atoms with Crippen LogP contribution in [-0.2, 0) is 0 Å². The molecular weight excluding hydrogens is 504 g/mol. The van der Waals surface area contributed by atoms with E-state index in [1.54, 1.807) is 43.5 Å². The molecule has 3 heterocycles. The Morgan fingerprint density at radius 1 is 0.825 bits per heavy atom. The number of benzene rings is 3. The summed E-state index contributed by atoms with van der Waals surface area (Å²) in [6.45, 7) is 0. The molecule has 0 radical (unpaired) electrons. The molecular formula is C31H24N6O3. The molecule has 0 saturated heterocycles. The number of methoxy groups -OCH3 is 1. The zero-order valence-corrected chi connectivity index (χ0v) is 21.5. The first-order valence-corrected chi connectivity index (χ1v) is 12.5. The number of aromatic amines is 1. The number of aromatic nitrogens is 4. The molecule has 0 fully saturated rings. The first-order chi connectivity index (χ1) is 19.5. The zero-order chi connectivity index (χ0) is 27.6. The van der Waals surface area contributed by atoms with Crippen LogP contribution in [0.5, 0.6) is 5.75 Å². The summed E-state index contributed by atoms with van der Waals surface area (Å²) >= 11 is 0. The Hall–Kier alpha value is -5.70. The summed E-state index contributed by atoms with van der Waals surface area (Å²) in [6.07, 6.45) is 0. The number of hydrogen-bond acceptors (Lipinski definition) is 6. The van der Waals surface area contributed by atoms with E-state index in [0.717, 1.165) is 16.7 Å². The number of H-pyrrole nitrogens is 1. The van der Waals surface area contributed by atoms with Crippen molar-refractivity contribution in [3.8, 4) is 39.3 Å². The fourth-order valence-corrected chi connectivity index (χ4v) is 4.64. The summed E-state index contributed by atoms with van der Waals surface area (Å²) in [5, 5.41) is 8.02. The van der Waals surface area contributed by atoms with Gasteiger partial charge >= 0.3 is 0 Å². The number of nitrogens with two attached hydrogens (primary N) is 1. The van der Waals surface area contributed by atoms with Crippen molar-refractivity contribution < 1.29 is 9.53 Å². The molecule has 9 heteroatoms. The van der Waals surface area contributed by atoms with Crippen LogP contribution in [0.3, 0.4) is 0 Å². The number of primary amides is 1. The Kier molecular flexibility index (Phi) is 6.29. The number of carbonyl (C=O) groups excluding carboxylic acids is 1. The van der Waals surface area contributed by atoms with Gasteiger partial charge in [-0.3, -0.25) is 9.59 Å². The van der Waals surface area contributed by atoms with Gasteiger partial charge in [0.15, 0.2) is 0 Å². The van der Waals surface area contributed by atoms with Crippen molar-refractivity contribution in [3.63, 3.8) is 0 Å². The van der Waals surface area contributed by atoms with Crippen molar-refractivity contribution in [3.05, 3.63) is 119 Å². The Balaban J connectivity index is 1.65. The highest BCUT2D eigenvalue weighted by atomic mass is 16.5. The maximum Gasteiger partial charge on any atom is 0.284 e. The molecule has 0 aliphatic heterocycles. The van der Waals surface area contributed by atoms with E-state index in [2.05, 4.69) is 15.3 Å². The summed E-state index contributed by atoms with van der Waals surface area (Å²) in [5.74, 6) is 0.727. The number of ether oxygens (including phenoxy) is 1. The minimum atomic E-state index is -0.655. The lowest BCUT2D eigenvalue weighted by atomic mass is 10.0. The zero-order valence-electron chi connectivity index (χ0n) is 21.5. The molecule has 3 aromatic carbocycles. The van der Waals surface area contributed by atoms with Gasteiger partial charge in [-0.05, 0) is 35.4 Å². The second kappa shape index (κ2) is 10.2. The lowest BCUT2D eigenvalue weighted by molar-refractivity contribution is 0.0995. The first-order valence-electron chi connectivity index (χ1n) is 12.5. The van der Waals surface area contributed by atoms with Crippen LogP contribution in [0.1, 0.15) is 10.5 Å². The van der Waals surface area contributed by atoms with Crippen molar-refractivity contribution in [2.45, 2.75) is 0 Å². The van der Waals surface area contributed by atoms with Gasteiger partial charge in [0.25, 0.3) is 11.5 Å². The molecule has 0 unspecified atom stereocenters. The number of amides is 1. The number of carbonyl (C=O) groups is 1. The van der Waals surface area contributed by atoms with Crippen LogP contribution in [0.15, 0.2) is 108 Å². The Bertz CT molecular complexity index is 1900. The van der Waals surface area contributed by atoms with E-state index in [9.17, 15) is 9.59 Å². The monoisotopic (exact) mass is 528 g/mol. The lowest BCUT2D eigenvalue weighted by Gasteiger charge is -2.13. The number of nitrogens with zero attached hydrogens (tertiary/aromatic N) is 3. The van der Waals surface area contributed by atoms with Crippen LogP contribution in [0.25, 0.3) is 39.2 Å². The standard InChI is InChI=1S/C31H24N6O3/c1-40-22-17-15-20(16-18-22)26-29(34-24-14-8-13-23(33-24)28(32)38)35-30-25(19-9-4-2-5-10-19)27(36-37(30)31(26)39)21-11-6-3-7-12-21/h2-18,35H,1H3,(H2,32,38)(H,33,34). The van der Waals surface area contributed by atoms with Gasteiger partial charge in [-0.2, -0.15) is 9.61 Å². The molecule has 0 bridgehead atoms. The van der Waals surface area contributed by atoms with Crippen LogP contribution in [0.2, 0.25) is 0 Å². The number of rotatable bonds is 7. The van der Waals surface area contributed by atoms with Crippen LogP contribution in [-0.4, -0.2) is 32.6 Å². The molecule has 0 aliphatic carbocycles. The van der Waals surface area contributed by atoms with E-state index >= 15 is 0 Å². The van der Waals surface area contributed by atoms with Gasteiger partial charge < -0.3 is 20.8 Å². The van der Waals surface area contributed by atoms with Crippen molar-refractivity contribution >= 4 is 23.2 Å². The molecule has 0 spiro atoms. The topological polar surface area (TPSA) is 127 Å². The summed E-state index contributed by atoms with van der Waals surface area (Å²) in [5.41, 5.74) is 9.87. The van der Waals surface area contributed by atoms with Crippen molar-refractivity contribution in [1.82, 2.24) is 19.6 Å². The average Bonchev–Trinajstić information content (AvgIpc) is 3.38. The average molecular weight is 529 g/mol. The lowest BCUT2D eigenvalue weighted by Crippen LogP contribution is -2.20. The van der Waals surface area contributed by atoms with E-state index in [4.69, 9.17) is 15.6 Å². The number of fused-ring (bicyclic) bond motifs is 1. The van der Waals surface area contributed by atoms with E-state index < -0.39 is 5.91 Å². The Labute approximate surface area is 228 Å². The minimum absolute atomic E-state index is 0.0973. The highest BCUT2D eigenvalue weighted by molar-refractivity contribution is 5.93. The molecule has 3 aromatic heterocycles. The second-order valence-corrected chi connectivity index (χ2v) is 9.02. The number of nitrogens with one attached hydrogen (secondary N) is 2. The molecule has 6 rings (SSSR count). The first kappa shape index (κ1) is 24.6. The maximum atomic E-state index is 14.2. The third kappa shape index (κ3) is 4.45. The second-order valence-electron chi connectivity index (χ2n) is 9.02. The summed E-state index contributed by atoms with van der Waals surface area (Å²) in [7, 11) is 1.58. The Morgan fingerprint density at radius 3 is 2.12 bits per heavy atom. The fourth-order valence-electron chi connectivity index (χ4n) is 4.64. The van der Waals surface area contributed by atoms with Crippen molar-refractivity contribution in [1.29, 1.82) is 0 Å². The number of hydrogen-bond donors (Lipinski definition) is 3. The van der Waals surface area contributed by atoms with Gasteiger partial charge in [-0.15, -0.1) is 0 Å².